The molecule has 5 nitrogen and oxygen atoms in total. The van der Waals surface area contributed by atoms with Gasteiger partial charge >= 0.3 is 6.03 Å². The third-order valence-electron chi connectivity index (χ3n) is 8.38. The van der Waals surface area contributed by atoms with Gasteiger partial charge in [-0.25, -0.2) is 4.79 Å². The maximum Gasteiger partial charge on any atom is 0.321 e. The van der Waals surface area contributed by atoms with Crippen LogP contribution < -0.4 is 5.32 Å². The summed E-state index contributed by atoms with van der Waals surface area (Å²) in [5, 5.41) is 3.89. The molecule has 194 valence electrons. The highest BCUT2D eigenvalue weighted by Crippen LogP contribution is 2.36. The minimum absolute atomic E-state index is 0.0667. The number of halogens is 2. The molecule has 5 rings (SSSR count). The van der Waals surface area contributed by atoms with Crippen molar-refractivity contribution in [1.29, 1.82) is 0 Å². The number of piperidine rings is 1. The number of nitrogens with zero attached hydrogens (tertiary/aromatic N) is 3. The molecule has 2 aromatic rings. The van der Waals surface area contributed by atoms with Gasteiger partial charge in [0, 0.05) is 51.0 Å². The van der Waals surface area contributed by atoms with Crippen molar-refractivity contribution in [3.63, 3.8) is 0 Å². The number of benzene rings is 2. The first-order valence-corrected chi connectivity index (χ1v) is 14.3. The second kappa shape index (κ2) is 12.2. The highest BCUT2D eigenvalue weighted by atomic mass is 35.5. The Balaban J connectivity index is 1.04. The first-order chi connectivity index (χ1) is 17.5. The van der Waals surface area contributed by atoms with E-state index in [0.717, 1.165) is 50.6 Å². The van der Waals surface area contributed by atoms with Crippen LogP contribution in [0.4, 0.5) is 10.5 Å². The average Bonchev–Trinajstić information content (AvgIpc) is 2.92. The van der Waals surface area contributed by atoms with Crippen molar-refractivity contribution in [2.45, 2.75) is 50.5 Å². The molecule has 3 fully saturated rings. The maximum absolute atomic E-state index is 12.7. The van der Waals surface area contributed by atoms with Crippen LogP contribution in [-0.4, -0.2) is 72.6 Å². The Hall–Kier alpha value is -1.79. The van der Waals surface area contributed by atoms with Crippen LogP contribution in [0.15, 0.2) is 48.5 Å². The summed E-state index contributed by atoms with van der Waals surface area (Å²) in [7, 11) is 0. The van der Waals surface area contributed by atoms with Crippen molar-refractivity contribution < 1.29 is 4.79 Å². The molecule has 1 unspecified atom stereocenters. The second-order valence-corrected chi connectivity index (χ2v) is 11.6. The van der Waals surface area contributed by atoms with Gasteiger partial charge in [0.2, 0.25) is 0 Å². The fourth-order valence-corrected chi connectivity index (χ4v) is 6.65. The van der Waals surface area contributed by atoms with Gasteiger partial charge in [-0.05, 0) is 80.7 Å². The second-order valence-electron chi connectivity index (χ2n) is 10.8. The predicted octanol–water partition coefficient (Wildman–Crippen LogP) is 6.58. The molecule has 7 heteroatoms. The van der Waals surface area contributed by atoms with Crippen molar-refractivity contribution >= 4 is 34.9 Å². The van der Waals surface area contributed by atoms with E-state index in [2.05, 4.69) is 45.4 Å². The minimum Gasteiger partial charge on any atom is -0.322 e. The number of rotatable bonds is 5. The third-order valence-corrected chi connectivity index (χ3v) is 9.12. The SMILES string of the molecule is O=C(Nc1ccc(Cl)c(Cl)c1)N1CCN(CC2CCCN(C3CCC(c4ccccc4)CC3)C2)CC1. The molecule has 3 aliphatic rings. The number of hydrogen-bond acceptors (Lipinski definition) is 3. The third kappa shape index (κ3) is 6.55. The molecule has 0 bridgehead atoms. The van der Waals surface area contributed by atoms with Gasteiger partial charge in [-0.1, -0.05) is 53.5 Å². The van der Waals surface area contributed by atoms with E-state index in [1.807, 2.05) is 4.90 Å². The van der Waals surface area contributed by atoms with Crippen LogP contribution in [0.5, 0.6) is 0 Å². The molecule has 36 heavy (non-hydrogen) atoms. The summed E-state index contributed by atoms with van der Waals surface area (Å²) in [4.78, 5) is 20.0. The number of piperazine rings is 1. The fourth-order valence-electron chi connectivity index (χ4n) is 6.35. The van der Waals surface area contributed by atoms with E-state index >= 15 is 0 Å². The predicted molar refractivity (Wildman–Crippen MR) is 149 cm³/mol. The van der Waals surface area contributed by atoms with Crippen molar-refractivity contribution in [3.8, 4) is 0 Å². The fraction of sp³-hybridized carbons (Fsp3) is 0.552. The summed E-state index contributed by atoms with van der Waals surface area (Å²) in [6.45, 7) is 7.04. The maximum atomic E-state index is 12.7. The van der Waals surface area contributed by atoms with Crippen LogP contribution in [0.3, 0.4) is 0 Å². The van der Waals surface area contributed by atoms with Gasteiger partial charge in [-0.15, -0.1) is 0 Å². The molecular weight excluding hydrogens is 491 g/mol. The molecule has 2 heterocycles. The standard InChI is InChI=1S/C29H38Cl2N4O/c30-27-13-10-25(19-28(27)31)32-29(36)34-17-15-33(16-18-34)20-22-5-4-14-35(21-22)26-11-8-24(9-12-26)23-6-2-1-3-7-23/h1-3,6-7,10,13,19,22,24,26H,4-5,8-9,11-12,14-18,20-21H2,(H,32,36). The lowest BCUT2D eigenvalue weighted by atomic mass is 9.80. The first kappa shape index (κ1) is 25.8. The van der Waals surface area contributed by atoms with Crippen LogP contribution in [-0.2, 0) is 0 Å². The monoisotopic (exact) mass is 528 g/mol. The van der Waals surface area contributed by atoms with E-state index in [1.54, 1.807) is 18.2 Å². The van der Waals surface area contributed by atoms with Crippen LogP contribution in [0.1, 0.15) is 50.0 Å². The molecule has 2 aromatic carbocycles. The van der Waals surface area contributed by atoms with Gasteiger partial charge in [0.15, 0.2) is 0 Å². The van der Waals surface area contributed by atoms with Crippen molar-refractivity contribution in [2.24, 2.45) is 5.92 Å². The molecular formula is C29H38Cl2N4O. The largest absolute Gasteiger partial charge is 0.322 e. The molecule has 1 atom stereocenters. The van der Waals surface area contributed by atoms with E-state index in [9.17, 15) is 4.79 Å². The van der Waals surface area contributed by atoms with Crippen LogP contribution >= 0.6 is 23.2 Å². The zero-order valence-electron chi connectivity index (χ0n) is 21.0. The number of carbonyl (C=O) groups excluding carboxylic acids is 1. The number of urea groups is 1. The van der Waals surface area contributed by atoms with E-state index in [-0.39, 0.29) is 6.03 Å². The summed E-state index contributed by atoms with van der Waals surface area (Å²) < 4.78 is 0. The lowest BCUT2D eigenvalue weighted by molar-refractivity contribution is 0.0668. The van der Waals surface area contributed by atoms with Gasteiger partial charge in [0.1, 0.15) is 0 Å². The van der Waals surface area contributed by atoms with Crippen LogP contribution in [0, 0.1) is 5.92 Å². The molecule has 0 aromatic heterocycles. The quantitative estimate of drug-likeness (QED) is 0.476. The van der Waals surface area contributed by atoms with Crippen molar-refractivity contribution in [3.05, 3.63) is 64.1 Å². The summed E-state index contributed by atoms with van der Waals surface area (Å²) >= 11 is 12.1. The number of hydrogen-bond donors (Lipinski definition) is 1. The zero-order chi connectivity index (χ0) is 24.9. The Morgan fingerprint density at radius 2 is 1.61 bits per heavy atom. The smallest absolute Gasteiger partial charge is 0.321 e. The number of anilines is 1. The zero-order valence-corrected chi connectivity index (χ0v) is 22.6. The summed E-state index contributed by atoms with van der Waals surface area (Å²) in [6, 6.07) is 17.0. The normalized spacial score (nSPS) is 26.1. The van der Waals surface area contributed by atoms with E-state index in [4.69, 9.17) is 23.2 Å². The van der Waals surface area contributed by atoms with Crippen molar-refractivity contribution in [1.82, 2.24) is 14.7 Å². The molecule has 1 saturated carbocycles. The topological polar surface area (TPSA) is 38.8 Å². The Labute approximate surface area is 225 Å². The van der Waals surface area contributed by atoms with Gasteiger partial charge < -0.3 is 15.1 Å². The Morgan fingerprint density at radius 1 is 0.861 bits per heavy atom. The van der Waals surface area contributed by atoms with Gasteiger partial charge in [-0.2, -0.15) is 0 Å². The van der Waals surface area contributed by atoms with E-state index < -0.39 is 0 Å². The van der Waals surface area contributed by atoms with Gasteiger partial charge in [0.25, 0.3) is 0 Å². The highest BCUT2D eigenvalue weighted by molar-refractivity contribution is 6.42. The molecule has 2 saturated heterocycles. The highest BCUT2D eigenvalue weighted by Gasteiger charge is 2.31. The Bertz CT molecular complexity index is 1000. The Kier molecular flexibility index (Phi) is 8.74. The Morgan fingerprint density at radius 3 is 2.33 bits per heavy atom. The van der Waals surface area contributed by atoms with Gasteiger partial charge in [-0.3, -0.25) is 4.90 Å². The van der Waals surface area contributed by atoms with E-state index in [0.29, 0.717) is 15.7 Å². The van der Waals surface area contributed by atoms with E-state index in [1.165, 1.54) is 57.2 Å². The van der Waals surface area contributed by atoms with Gasteiger partial charge in [0.05, 0.1) is 10.0 Å². The lowest BCUT2D eigenvalue weighted by Crippen LogP contribution is -2.52. The number of likely N-dealkylation sites (tertiary alicyclic amines) is 1. The molecule has 1 aliphatic carbocycles. The number of amides is 2. The molecule has 2 amide bonds. The molecule has 0 spiro atoms. The minimum atomic E-state index is -0.0667. The summed E-state index contributed by atoms with van der Waals surface area (Å²) in [6.07, 6.45) is 7.95. The lowest BCUT2D eigenvalue weighted by Gasteiger charge is -2.43. The molecule has 1 N–H and O–H groups in total. The number of nitrogens with one attached hydrogen (secondary N) is 1. The van der Waals surface area contributed by atoms with Crippen LogP contribution in [0.25, 0.3) is 0 Å². The van der Waals surface area contributed by atoms with Crippen molar-refractivity contribution in [2.75, 3.05) is 51.1 Å². The number of carbonyl (C=O) groups is 1. The van der Waals surface area contributed by atoms with Crippen LogP contribution in [0.2, 0.25) is 10.0 Å². The molecule has 2 aliphatic heterocycles. The summed E-state index contributed by atoms with van der Waals surface area (Å²) in [5.41, 5.74) is 2.20. The summed E-state index contributed by atoms with van der Waals surface area (Å²) in [5.74, 6) is 1.48. The molecule has 0 radical (unpaired) electrons. The first-order valence-electron chi connectivity index (χ1n) is 13.6. The average molecular weight is 530 g/mol.